The number of aromatic nitrogens is 3. The first-order valence-electron chi connectivity index (χ1n) is 18.9. The van der Waals surface area contributed by atoms with Crippen molar-refractivity contribution in [3.8, 4) is 79.0 Å². The van der Waals surface area contributed by atoms with Gasteiger partial charge in [-0.05, 0) is 62.7 Å². The monoisotopic (exact) mass is 715 g/mol. The molecule has 11 rings (SSSR count). The molecule has 262 valence electrons. The highest BCUT2D eigenvalue weighted by Crippen LogP contribution is 2.63. The molecule has 1 aliphatic carbocycles. The Morgan fingerprint density at radius 3 is 1.34 bits per heavy atom. The molecule has 4 heteroatoms. The molecule has 0 radical (unpaired) electrons. The molecule has 1 aliphatic heterocycles. The topological polar surface area (TPSA) is 47.9 Å². The van der Waals surface area contributed by atoms with E-state index < -0.39 is 5.41 Å². The first-order chi connectivity index (χ1) is 27.8. The highest BCUT2D eigenvalue weighted by Gasteiger charge is 2.52. The predicted octanol–water partition coefficient (Wildman–Crippen LogP) is 12.7. The van der Waals surface area contributed by atoms with Gasteiger partial charge in [0, 0.05) is 27.8 Å². The molecule has 8 aromatic carbocycles. The minimum Gasteiger partial charge on any atom is -0.457 e. The summed E-state index contributed by atoms with van der Waals surface area (Å²) in [5.41, 5.74) is 13.7. The Morgan fingerprint density at radius 1 is 0.304 bits per heavy atom. The van der Waals surface area contributed by atoms with Gasteiger partial charge in [0.15, 0.2) is 17.5 Å². The predicted molar refractivity (Wildman–Crippen MR) is 224 cm³/mol. The van der Waals surface area contributed by atoms with Crippen molar-refractivity contribution in [3.63, 3.8) is 0 Å². The highest BCUT2D eigenvalue weighted by atomic mass is 16.5. The summed E-state index contributed by atoms with van der Waals surface area (Å²) in [6, 6.07) is 70.3. The highest BCUT2D eigenvalue weighted by molar-refractivity contribution is 5.97. The summed E-state index contributed by atoms with van der Waals surface area (Å²) in [5, 5.41) is 0. The summed E-state index contributed by atoms with van der Waals surface area (Å²) >= 11 is 0. The first-order valence-corrected chi connectivity index (χ1v) is 18.9. The lowest BCUT2D eigenvalue weighted by molar-refractivity contribution is 0.436. The van der Waals surface area contributed by atoms with Gasteiger partial charge >= 0.3 is 0 Å². The molecule has 0 saturated carbocycles. The van der Waals surface area contributed by atoms with Crippen LogP contribution < -0.4 is 4.74 Å². The van der Waals surface area contributed by atoms with E-state index in [-0.39, 0.29) is 0 Å². The molecule has 0 fully saturated rings. The van der Waals surface area contributed by atoms with Crippen molar-refractivity contribution in [2.24, 2.45) is 0 Å². The van der Waals surface area contributed by atoms with Crippen LogP contribution in [0.2, 0.25) is 0 Å². The van der Waals surface area contributed by atoms with E-state index in [1.807, 2.05) is 36.4 Å². The van der Waals surface area contributed by atoms with Crippen molar-refractivity contribution < 1.29 is 4.74 Å². The zero-order chi connectivity index (χ0) is 37.1. The molecule has 2 heterocycles. The Morgan fingerprint density at radius 2 is 0.750 bits per heavy atom. The van der Waals surface area contributed by atoms with Crippen LogP contribution in [0.15, 0.2) is 200 Å². The molecule has 2 aliphatic rings. The van der Waals surface area contributed by atoms with Gasteiger partial charge in [-0.25, -0.2) is 15.0 Å². The summed E-state index contributed by atoms with van der Waals surface area (Å²) < 4.78 is 6.68. The summed E-state index contributed by atoms with van der Waals surface area (Å²) in [6.45, 7) is 0. The van der Waals surface area contributed by atoms with E-state index in [4.69, 9.17) is 19.7 Å². The van der Waals surface area contributed by atoms with Crippen LogP contribution in [0.5, 0.6) is 11.5 Å². The SMILES string of the molecule is c1ccc(-c2ccc(-c3ccc4c(c3)C3(c5ccccc5Oc5ccccc53)c3cccc(-c5nc(-c6ccccc6)nc(-c6ccccc6)n5)c3-4)cc2)cc1. The molecule has 0 amide bonds. The lowest BCUT2D eigenvalue weighted by Gasteiger charge is -2.39. The molecular formula is C52H33N3O. The number of hydrogen-bond acceptors (Lipinski definition) is 4. The van der Waals surface area contributed by atoms with Gasteiger partial charge in [0.25, 0.3) is 0 Å². The van der Waals surface area contributed by atoms with Gasteiger partial charge in [-0.2, -0.15) is 0 Å². The molecule has 4 nitrogen and oxygen atoms in total. The average molecular weight is 716 g/mol. The van der Waals surface area contributed by atoms with Crippen LogP contribution in [0, 0.1) is 0 Å². The summed E-state index contributed by atoms with van der Waals surface area (Å²) in [5.74, 6) is 3.61. The van der Waals surface area contributed by atoms with E-state index in [2.05, 4.69) is 164 Å². The molecular weight excluding hydrogens is 683 g/mol. The second kappa shape index (κ2) is 12.9. The summed E-state index contributed by atoms with van der Waals surface area (Å²) in [4.78, 5) is 15.5. The maximum atomic E-state index is 6.68. The number of rotatable bonds is 5. The average Bonchev–Trinajstić information content (AvgIpc) is 3.57. The summed E-state index contributed by atoms with van der Waals surface area (Å²) in [7, 11) is 0. The fourth-order valence-corrected chi connectivity index (χ4v) is 8.73. The van der Waals surface area contributed by atoms with Crippen LogP contribution in [0.4, 0.5) is 0 Å². The van der Waals surface area contributed by atoms with E-state index in [9.17, 15) is 0 Å². The van der Waals surface area contributed by atoms with E-state index in [0.717, 1.165) is 61.6 Å². The van der Waals surface area contributed by atoms with Crippen LogP contribution in [0.3, 0.4) is 0 Å². The Kier molecular flexibility index (Phi) is 7.36. The fraction of sp³-hybridized carbons (Fsp3) is 0.0192. The van der Waals surface area contributed by atoms with Crippen LogP contribution in [-0.4, -0.2) is 15.0 Å². The fourth-order valence-electron chi connectivity index (χ4n) is 8.73. The number of hydrogen-bond donors (Lipinski definition) is 0. The standard InChI is InChI=1S/C52H33N3O/c1-4-15-34(16-5-1)35-27-29-36(30-28-35)39-31-32-40-45(33-39)52(42-22-10-12-25-46(42)56-47-26-13-11-23-43(47)52)44-24-14-21-41(48(40)44)51-54-49(37-17-6-2-7-18-37)53-50(55-51)38-19-8-3-9-20-38/h1-33H. The lowest BCUT2D eigenvalue weighted by atomic mass is 9.66. The Labute approximate surface area is 325 Å². The van der Waals surface area contributed by atoms with Crippen LogP contribution in [0.25, 0.3) is 67.5 Å². The van der Waals surface area contributed by atoms with Gasteiger partial charge in [-0.1, -0.05) is 182 Å². The summed E-state index contributed by atoms with van der Waals surface area (Å²) in [6.07, 6.45) is 0. The van der Waals surface area contributed by atoms with E-state index in [1.54, 1.807) is 0 Å². The third-order valence-corrected chi connectivity index (χ3v) is 11.2. The first kappa shape index (κ1) is 32.0. The largest absolute Gasteiger partial charge is 0.457 e. The van der Waals surface area contributed by atoms with E-state index in [0.29, 0.717) is 17.5 Å². The molecule has 0 atom stereocenters. The number of fused-ring (bicyclic) bond motifs is 9. The Hall–Kier alpha value is -7.43. The zero-order valence-electron chi connectivity index (χ0n) is 30.3. The molecule has 0 bridgehead atoms. The minimum atomic E-state index is -0.663. The van der Waals surface area contributed by atoms with E-state index >= 15 is 0 Å². The second-order valence-corrected chi connectivity index (χ2v) is 14.3. The Balaban J connectivity index is 1.18. The molecule has 0 saturated heterocycles. The van der Waals surface area contributed by atoms with Gasteiger partial charge in [0.2, 0.25) is 0 Å². The lowest BCUT2D eigenvalue weighted by Crippen LogP contribution is -2.32. The van der Waals surface area contributed by atoms with Crippen molar-refractivity contribution in [1.82, 2.24) is 15.0 Å². The van der Waals surface area contributed by atoms with Crippen LogP contribution in [-0.2, 0) is 5.41 Å². The maximum absolute atomic E-state index is 6.68. The minimum absolute atomic E-state index is 0.631. The van der Waals surface area contributed by atoms with Gasteiger partial charge in [0.05, 0.1) is 5.41 Å². The molecule has 1 aromatic heterocycles. The normalized spacial score (nSPS) is 12.9. The van der Waals surface area contributed by atoms with Gasteiger partial charge in [-0.15, -0.1) is 0 Å². The van der Waals surface area contributed by atoms with Crippen LogP contribution >= 0.6 is 0 Å². The zero-order valence-corrected chi connectivity index (χ0v) is 30.3. The number of benzene rings is 8. The van der Waals surface area contributed by atoms with Gasteiger partial charge in [0.1, 0.15) is 11.5 Å². The molecule has 1 spiro atoms. The van der Waals surface area contributed by atoms with E-state index in [1.165, 1.54) is 22.3 Å². The Bertz CT molecular complexity index is 2820. The quantitative estimate of drug-likeness (QED) is 0.178. The number of para-hydroxylation sites is 2. The van der Waals surface area contributed by atoms with Crippen molar-refractivity contribution in [2.75, 3.05) is 0 Å². The molecule has 0 N–H and O–H groups in total. The van der Waals surface area contributed by atoms with Gasteiger partial charge < -0.3 is 4.74 Å². The maximum Gasteiger partial charge on any atom is 0.164 e. The van der Waals surface area contributed by atoms with Crippen LogP contribution in [0.1, 0.15) is 22.3 Å². The second-order valence-electron chi connectivity index (χ2n) is 14.3. The third-order valence-electron chi connectivity index (χ3n) is 11.2. The van der Waals surface area contributed by atoms with Crippen molar-refractivity contribution in [1.29, 1.82) is 0 Å². The molecule has 56 heavy (non-hydrogen) atoms. The van der Waals surface area contributed by atoms with Crippen molar-refractivity contribution in [3.05, 3.63) is 222 Å². The smallest absolute Gasteiger partial charge is 0.164 e. The molecule has 0 unspecified atom stereocenters. The molecule has 9 aromatic rings. The number of ether oxygens (including phenoxy) is 1. The van der Waals surface area contributed by atoms with Gasteiger partial charge in [-0.3, -0.25) is 0 Å². The third kappa shape index (κ3) is 4.96. The number of nitrogens with zero attached hydrogens (tertiary/aromatic N) is 3. The van der Waals surface area contributed by atoms with Crippen molar-refractivity contribution in [2.45, 2.75) is 5.41 Å². The van der Waals surface area contributed by atoms with Crippen molar-refractivity contribution >= 4 is 0 Å².